The molecule has 0 radical (unpaired) electrons. The number of nitriles is 1. The van der Waals surface area contributed by atoms with Crippen molar-refractivity contribution in [1.29, 1.82) is 5.26 Å². The van der Waals surface area contributed by atoms with Gasteiger partial charge in [-0.1, -0.05) is 6.07 Å². The fourth-order valence-corrected chi connectivity index (χ4v) is 2.37. The van der Waals surface area contributed by atoms with Gasteiger partial charge in [0.2, 0.25) is 11.8 Å². The van der Waals surface area contributed by atoms with Crippen LogP contribution in [0.3, 0.4) is 0 Å². The van der Waals surface area contributed by atoms with Crippen LogP contribution in [-0.4, -0.2) is 29.4 Å². The van der Waals surface area contributed by atoms with Crippen molar-refractivity contribution in [1.82, 2.24) is 9.88 Å². The Hall–Kier alpha value is -2.13. The predicted octanol–water partition coefficient (Wildman–Crippen LogP) is 2.63. The highest BCUT2D eigenvalue weighted by Crippen LogP contribution is 2.26. The standard InChI is InChI=1S/C14H15N3O2S/c1-10-11(9-13(18)17(2)7-4-6-15)16-14(19-10)12-5-3-8-20-12/h3,5,8H,4,7,9H2,1-2H3. The molecule has 1 amide bonds. The van der Waals surface area contributed by atoms with Gasteiger partial charge < -0.3 is 9.32 Å². The van der Waals surface area contributed by atoms with Gasteiger partial charge in [0.1, 0.15) is 5.76 Å². The van der Waals surface area contributed by atoms with Crippen molar-refractivity contribution in [2.45, 2.75) is 19.8 Å². The molecule has 20 heavy (non-hydrogen) atoms. The zero-order chi connectivity index (χ0) is 14.5. The van der Waals surface area contributed by atoms with Crippen molar-refractivity contribution in [3.8, 4) is 16.8 Å². The molecule has 2 aromatic rings. The zero-order valence-corrected chi connectivity index (χ0v) is 12.2. The Labute approximate surface area is 121 Å². The van der Waals surface area contributed by atoms with Crippen LogP contribution in [0.2, 0.25) is 0 Å². The highest BCUT2D eigenvalue weighted by Gasteiger charge is 2.17. The number of oxazole rings is 1. The van der Waals surface area contributed by atoms with E-state index in [2.05, 4.69) is 4.98 Å². The normalized spacial score (nSPS) is 10.2. The van der Waals surface area contributed by atoms with E-state index in [1.54, 1.807) is 23.3 Å². The molecule has 0 N–H and O–H groups in total. The second-order valence-corrected chi connectivity index (χ2v) is 5.35. The second kappa shape index (κ2) is 6.35. The molecule has 5 nitrogen and oxygen atoms in total. The third-order valence-electron chi connectivity index (χ3n) is 2.93. The molecular formula is C14H15N3O2S. The lowest BCUT2D eigenvalue weighted by atomic mass is 10.2. The highest BCUT2D eigenvalue weighted by atomic mass is 32.1. The van der Waals surface area contributed by atoms with E-state index in [4.69, 9.17) is 9.68 Å². The molecule has 0 spiro atoms. The van der Waals surface area contributed by atoms with Crippen LogP contribution in [0.4, 0.5) is 0 Å². The topological polar surface area (TPSA) is 70.1 Å². The number of rotatable bonds is 5. The van der Waals surface area contributed by atoms with Crippen molar-refractivity contribution in [2.75, 3.05) is 13.6 Å². The molecule has 0 aliphatic rings. The SMILES string of the molecule is Cc1oc(-c2cccs2)nc1CC(=O)N(C)CCC#N. The first-order valence-electron chi connectivity index (χ1n) is 6.23. The third-order valence-corrected chi connectivity index (χ3v) is 3.79. The van der Waals surface area contributed by atoms with Gasteiger partial charge in [0, 0.05) is 13.6 Å². The lowest BCUT2D eigenvalue weighted by Crippen LogP contribution is -2.29. The van der Waals surface area contributed by atoms with Gasteiger partial charge in [-0.25, -0.2) is 4.98 Å². The number of carbonyl (C=O) groups excluding carboxylic acids is 1. The van der Waals surface area contributed by atoms with E-state index in [9.17, 15) is 4.79 Å². The van der Waals surface area contributed by atoms with Crippen LogP contribution >= 0.6 is 11.3 Å². The lowest BCUT2D eigenvalue weighted by molar-refractivity contribution is -0.129. The monoisotopic (exact) mass is 289 g/mol. The molecule has 0 bridgehead atoms. The number of thiophene rings is 1. The summed E-state index contributed by atoms with van der Waals surface area (Å²) in [4.78, 5) is 18.9. The van der Waals surface area contributed by atoms with Crippen LogP contribution in [0.5, 0.6) is 0 Å². The van der Waals surface area contributed by atoms with Crippen molar-refractivity contribution in [3.05, 3.63) is 29.0 Å². The van der Waals surface area contributed by atoms with Crippen LogP contribution in [0, 0.1) is 18.3 Å². The van der Waals surface area contributed by atoms with E-state index in [0.717, 1.165) is 4.88 Å². The maximum absolute atomic E-state index is 12.0. The zero-order valence-electron chi connectivity index (χ0n) is 11.4. The molecule has 104 valence electrons. The minimum absolute atomic E-state index is 0.0608. The summed E-state index contributed by atoms with van der Waals surface area (Å²) in [6.07, 6.45) is 0.531. The first kappa shape index (κ1) is 14.3. The predicted molar refractivity (Wildman–Crippen MR) is 76.1 cm³/mol. The molecule has 0 fully saturated rings. The lowest BCUT2D eigenvalue weighted by Gasteiger charge is -2.14. The van der Waals surface area contributed by atoms with Gasteiger partial charge in [-0.3, -0.25) is 4.79 Å². The van der Waals surface area contributed by atoms with Gasteiger partial charge in [0.25, 0.3) is 0 Å². The number of hydrogen-bond acceptors (Lipinski definition) is 5. The van der Waals surface area contributed by atoms with E-state index in [0.29, 0.717) is 30.3 Å². The summed E-state index contributed by atoms with van der Waals surface area (Å²) in [5.74, 6) is 1.16. The maximum Gasteiger partial charge on any atom is 0.236 e. The van der Waals surface area contributed by atoms with Crippen LogP contribution in [-0.2, 0) is 11.2 Å². The van der Waals surface area contributed by atoms with E-state index < -0.39 is 0 Å². The molecule has 2 heterocycles. The van der Waals surface area contributed by atoms with Crippen molar-refractivity contribution >= 4 is 17.2 Å². The Morgan fingerprint density at radius 3 is 3.05 bits per heavy atom. The van der Waals surface area contributed by atoms with Gasteiger partial charge in [0.05, 0.1) is 29.5 Å². The molecule has 2 aromatic heterocycles. The van der Waals surface area contributed by atoms with Gasteiger partial charge >= 0.3 is 0 Å². The number of hydrogen-bond donors (Lipinski definition) is 0. The Balaban J connectivity index is 2.07. The molecule has 0 aliphatic heterocycles. The summed E-state index contributed by atoms with van der Waals surface area (Å²) < 4.78 is 5.60. The smallest absolute Gasteiger partial charge is 0.236 e. The van der Waals surface area contributed by atoms with Crippen LogP contribution in [0.1, 0.15) is 17.9 Å². The third kappa shape index (κ3) is 3.25. The number of nitrogens with zero attached hydrogens (tertiary/aromatic N) is 3. The van der Waals surface area contributed by atoms with Gasteiger partial charge in [-0.15, -0.1) is 11.3 Å². The number of carbonyl (C=O) groups is 1. The van der Waals surface area contributed by atoms with Crippen LogP contribution < -0.4 is 0 Å². The molecular weight excluding hydrogens is 274 g/mol. The van der Waals surface area contributed by atoms with Crippen LogP contribution in [0.15, 0.2) is 21.9 Å². The van der Waals surface area contributed by atoms with Gasteiger partial charge in [-0.2, -0.15) is 5.26 Å². The fourth-order valence-electron chi connectivity index (χ4n) is 1.72. The van der Waals surface area contributed by atoms with Gasteiger partial charge in [0.15, 0.2) is 0 Å². The Bertz CT molecular complexity index is 625. The number of amides is 1. The largest absolute Gasteiger partial charge is 0.440 e. The number of likely N-dealkylation sites (N-methyl/N-ethyl adjacent to an activating group) is 1. The summed E-state index contributed by atoms with van der Waals surface area (Å²) in [5, 5.41) is 10.5. The molecule has 0 aliphatic carbocycles. The first-order chi connectivity index (χ1) is 9.61. The van der Waals surface area contributed by atoms with Crippen molar-refractivity contribution in [3.63, 3.8) is 0 Å². The Kier molecular flexibility index (Phi) is 4.53. The second-order valence-electron chi connectivity index (χ2n) is 4.40. The minimum Gasteiger partial charge on any atom is -0.440 e. The summed E-state index contributed by atoms with van der Waals surface area (Å²) in [7, 11) is 1.69. The summed E-state index contributed by atoms with van der Waals surface area (Å²) >= 11 is 1.55. The fraction of sp³-hybridized carbons (Fsp3) is 0.357. The highest BCUT2D eigenvalue weighted by molar-refractivity contribution is 7.13. The number of aromatic nitrogens is 1. The first-order valence-corrected chi connectivity index (χ1v) is 7.11. The van der Waals surface area contributed by atoms with E-state index >= 15 is 0 Å². The van der Waals surface area contributed by atoms with Crippen molar-refractivity contribution in [2.24, 2.45) is 0 Å². The Morgan fingerprint density at radius 1 is 1.60 bits per heavy atom. The molecule has 0 saturated carbocycles. The molecule has 2 rings (SSSR count). The molecule has 6 heteroatoms. The molecule has 0 unspecified atom stereocenters. The van der Waals surface area contributed by atoms with E-state index in [-0.39, 0.29) is 12.3 Å². The summed E-state index contributed by atoms with van der Waals surface area (Å²) in [6, 6.07) is 5.89. The van der Waals surface area contributed by atoms with E-state index in [1.165, 1.54) is 0 Å². The maximum atomic E-state index is 12.0. The average Bonchev–Trinajstić information content (AvgIpc) is 3.06. The molecule has 0 atom stereocenters. The number of aryl methyl sites for hydroxylation is 1. The van der Waals surface area contributed by atoms with Crippen LogP contribution in [0.25, 0.3) is 10.8 Å². The minimum atomic E-state index is -0.0608. The molecule has 0 aromatic carbocycles. The van der Waals surface area contributed by atoms with Gasteiger partial charge in [-0.05, 0) is 18.4 Å². The summed E-state index contributed by atoms with van der Waals surface area (Å²) in [6.45, 7) is 2.24. The van der Waals surface area contributed by atoms with Crippen molar-refractivity contribution < 1.29 is 9.21 Å². The van der Waals surface area contributed by atoms with E-state index in [1.807, 2.05) is 30.5 Å². The molecule has 0 saturated heterocycles. The Morgan fingerprint density at radius 2 is 2.40 bits per heavy atom. The average molecular weight is 289 g/mol. The quantitative estimate of drug-likeness (QED) is 0.848. The summed E-state index contributed by atoms with van der Waals surface area (Å²) in [5.41, 5.74) is 0.655.